The van der Waals surface area contributed by atoms with Gasteiger partial charge in [-0.3, -0.25) is 15.0 Å². The average Bonchev–Trinajstić information content (AvgIpc) is 3.17. The van der Waals surface area contributed by atoms with Gasteiger partial charge in [0.25, 0.3) is 0 Å². The number of hydrogen-bond acceptors (Lipinski definition) is 7. The normalized spacial score (nSPS) is 10.5. The van der Waals surface area contributed by atoms with E-state index in [1.54, 1.807) is 30.3 Å². The van der Waals surface area contributed by atoms with Crippen LogP contribution in [0.4, 0.5) is 13.2 Å². The number of amides is 1. The second-order valence-corrected chi connectivity index (χ2v) is 8.44. The molecule has 0 bridgehead atoms. The Morgan fingerprint density at radius 2 is 1.76 bits per heavy atom. The van der Waals surface area contributed by atoms with Crippen LogP contribution in [-0.4, -0.2) is 64.0 Å². The summed E-state index contributed by atoms with van der Waals surface area (Å²) >= 11 is 1.24. The minimum absolute atomic E-state index is 0.0732. The Morgan fingerprint density at radius 3 is 2.22 bits per heavy atom. The van der Waals surface area contributed by atoms with Crippen LogP contribution >= 0.6 is 11.3 Å². The van der Waals surface area contributed by atoms with E-state index >= 15 is 0 Å². The zero-order chi connectivity index (χ0) is 28.3. The van der Waals surface area contributed by atoms with Crippen LogP contribution in [0.25, 0.3) is 0 Å². The predicted octanol–water partition coefficient (Wildman–Crippen LogP) is 3.22. The van der Waals surface area contributed by atoms with Crippen molar-refractivity contribution in [3.8, 4) is 5.75 Å². The summed E-state index contributed by atoms with van der Waals surface area (Å²) in [5.74, 6) is -4.39. The Kier molecular flexibility index (Phi) is 11.5. The zero-order valence-corrected chi connectivity index (χ0v) is 20.3. The summed E-state index contributed by atoms with van der Waals surface area (Å²) < 4.78 is 37.1. The molecular weight excluding hydrogens is 519 g/mol. The fraction of sp³-hybridized carbons (Fsp3) is 0.261. The molecule has 10 nitrogen and oxygen atoms in total. The zero-order valence-electron chi connectivity index (χ0n) is 19.5. The number of nitrogens with one attached hydrogen (secondary N) is 1. The smallest absolute Gasteiger partial charge is 0.480 e. The number of amidine groups is 1. The van der Waals surface area contributed by atoms with Gasteiger partial charge in [0.15, 0.2) is 0 Å². The molecule has 1 heterocycles. The number of thiophene rings is 1. The molecule has 0 saturated carbocycles. The van der Waals surface area contributed by atoms with Crippen molar-refractivity contribution in [1.82, 2.24) is 4.90 Å². The standard InChI is InChI=1S/C21H23N3O5S.C2HF3O2/c1-3-10-24(12-19(26)27)18(25)9-8-16-13(2)11-17(30-16)21(28)29-15-6-4-14(5-7-15)20(22)23;3-2(4,5)1(6)7/h3-7,11H,1,8-10,12H2,2H3,(H3,22,23)(H,26,27);(H,6,7). The van der Waals surface area contributed by atoms with E-state index in [2.05, 4.69) is 6.58 Å². The molecule has 2 rings (SSSR count). The van der Waals surface area contributed by atoms with Gasteiger partial charge < -0.3 is 25.6 Å². The number of nitrogen functional groups attached to an aromatic ring is 1. The highest BCUT2D eigenvalue weighted by atomic mass is 32.1. The maximum absolute atomic E-state index is 12.4. The van der Waals surface area contributed by atoms with Crippen LogP contribution in [0.1, 0.15) is 32.1 Å². The molecule has 2 aromatic rings. The van der Waals surface area contributed by atoms with Crippen molar-refractivity contribution in [3.63, 3.8) is 0 Å². The van der Waals surface area contributed by atoms with Crippen molar-refractivity contribution >= 4 is 41.0 Å². The Morgan fingerprint density at radius 1 is 1.19 bits per heavy atom. The maximum Gasteiger partial charge on any atom is 0.490 e. The van der Waals surface area contributed by atoms with Gasteiger partial charge in [0.2, 0.25) is 5.91 Å². The average molecular weight is 544 g/mol. The first-order chi connectivity index (χ1) is 17.1. The first-order valence-electron chi connectivity index (χ1n) is 10.3. The van der Waals surface area contributed by atoms with Crippen molar-refractivity contribution in [1.29, 1.82) is 5.41 Å². The number of rotatable bonds is 10. The molecule has 5 N–H and O–H groups in total. The molecule has 0 aliphatic heterocycles. The number of nitrogens with two attached hydrogens (primary N) is 1. The number of benzene rings is 1. The summed E-state index contributed by atoms with van der Waals surface area (Å²) in [6.45, 7) is 5.16. The van der Waals surface area contributed by atoms with Gasteiger partial charge in [0, 0.05) is 23.4 Å². The number of halogens is 3. The molecular formula is C23H24F3N3O7S. The van der Waals surface area contributed by atoms with E-state index in [1.165, 1.54) is 22.3 Å². The molecule has 0 spiro atoms. The second-order valence-electron chi connectivity index (χ2n) is 7.30. The molecule has 0 atom stereocenters. The monoisotopic (exact) mass is 543 g/mol. The third kappa shape index (κ3) is 10.5. The first kappa shape index (κ1) is 30.8. The summed E-state index contributed by atoms with van der Waals surface area (Å²) in [6.07, 6.45) is -3.08. The largest absolute Gasteiger partial charge is 0.490 e. The molecule has 1 aromatic heterocycles. The minimum atomic E-state index is -5.08. The summed E-state index contributed by atoms with van der Waals surface area (Å²) in [5.41, 5.74) is 6.79. The van der Waals surface area contributed by atoms with Gasteiger partial charge in [-0.05, 0) is 49.2 Å². The van der Waals surface area contributed by atoms with Gasteiger partial charge in [0.05, 0.1) is 0 Å². The number of aliphatic carboxylic acids is 2. The van der Waals surface area contributed by atoms with Crippen LogP contribution in [-0.2, 0) is 20.8 Å². The summed E-state index contributed by atoms with van der Waals surface area (Å²) in [4.78, 5) is 47.0. The Labute approximate surface area is 213 Å². The third-order valence-corrected chi connectivity index (χ3v) is 5.71. The van der Waals surface area contributed by atoms with Gasteiger partial charge in [-0.1, -0.05) is 6.08 Å². The number of hydrogen-bond donors (Lipinski definition) is 4. The van der Waals surface area contributed by atoms with E-state index < -0.39 is 24.1 Å². The van der Waals surface area contributed by atoms with Crippen molar-refractivity contribution in [2.75, 3.05) is 13.1 Å². The summed E-state index contributed by atoms with van der Waals surface area (Å²) in [5, 5.41) is 23.4. The van der Waals surface area contributed by atoms with Gasteiger partial charge in [-0.2, -0.15) is 13.2 Å². The molecule has 0 aliphatic carbocycles. The number of aryl methyl sites for hydroxylation is 2. The van der Waals surface area contributed by atoms with Crippen LogP contribution in [0.15, 0.2) is 43.0 Å². The number of carboxylic acids is 2. The third-order valence-electron chi connectivity index (χ3n) is 4.43. The Bertz CT molecular complexity index is 1160. The van der Waals surface area contributed by atoms with E-state index in [9.17, 15) is 27.6 Å². The fourth-order valence-electron chi connectivity index (χ4n) is 2.68. The lowest BCUT2D eigenvalue weighted by Crippen LogP contribution is -2.35. The minimum Gasteiger partial charge on any atom is -0.480 e. The van der Waals surface area contributed by atoms with E-state index in [0.29, 0.717) is 22.6 Å². The van der Waals surface area contributed by atoms with Crippen LogP contribution in [0.5, 0.6) is 5.75 Å². The Hall–Kier alpha value is -4.20. The van der Waals surface area contributed by atoms with Crippen LogP contribution < -0.4 is 10.5 Å². The van der Waals surface area contributed by atoms with Crippen LogP contribution in [0.3, 0.4) is 0 Å². The maximum atomic E-state index is 12.4. The number of nitrogens with zero attached hydrogens (tertiary/aromatic N) is 1. The fourth-order valence-corrected chi connectivity index (χ4v) is 3.73. The highest BCUT2D eigenvalue weighted by Gasteiger charge is 2.38. The molecule has 0 unspecified atom stereocenters. The number of ether oxygens (including phenoxy) is 1. The van der Waals surface area contributed by atoms with E-state index in [1.807, 2.05) is 6.92 Å². The van der Waals surface area contributed by atoms with E-state index in [0.717, 1.165) is 10.4 Å². The van der Waals surface area contributed by atoms with Gasteiger partial charge >= 0.3 is 24.1 Å². The molecule has 200 valence electrons. The SMILES string of the molecule is C=CCN(CC(=O)O)C(=O)CCc1sc(C(=O)Oc2ccc(C(=N)N)cc2)cc1C.O=C(O)C(F)(F)F. The summed E-state index contributed by atoms with van der Waals surface area (Å²) in [7, 11) is 0. The van der Waals surface area contributed by atoms with Gasteiger partial charge in [-0.25, -0.2) is 9.59 Å². The lowest BCUT2D eigenvalue weighted by molar-refractivity contribution is -0.192. The topological polar surface area (TPSA) is 171 Å². The Balaban J connectivity index is 0.000000856. The molecule has 0 saturated heterocycles. The van der Waals surface area contributed by atoms with Crippen molar-refractivity contribution < 1.29 is 47.3 Å². The molecule has 0 fully saturated rings. The molecule has 37 heavy (non-hydrogen) atoms. The van der Waals surface area contributed by atoms with Crippen molar-refractivity contribution in [3.05, 3.63) is 63.9 Å². The number of esters is 1. The number of carbonyl (C=O) groups excluding carboxylic acids is 2. The van der Waals surface area contributed by atoms with Crippen LogP contribution in [0, 0.1) is 12.3 Å². The number of carbonyl (C=O) groups is 4. The van der Waals surface area contributed by atoms with Crippen molar-refractivity contribution in [2.24, 2.45) is 5.73 Å². The second kappa shape index (κ2) is 13.8. The molecule has 0 aliphatic rings. The number of alkyl halides is 3. The highest BCUT2D eigenvalue weighted by molar-refractivity contribution is 7.14. The first-order valence-corrected chi connectivity index (χ1v) is 11.1. The molecule has 0 radical (unpaired) electrons. The molecule has 1 amide bonds. The van der Waals surface area contributed by atoms with E-state index in [-0.39, 0.29) is 31.3 Å². The molecule has 14 heteroatoms. The highest BCUT2D eigenvalue weighted by Crippen LogP contribution is 2.25. The number of carboxylic acid groups (broad SMARTS) is 2. The van der Waals surface area contributed by atoms with Crippen molar-refractivity contribution in [2.45, 2.75) is 25.9 Å². The predicted molar refractivity (Wildman–Crippen MR) is 128 cm³/mol. The van der Waals surface area contributed by atoms with Gasteiger partial charge in [0.1, 0.15) is 23.0 Å². The van der Waals surface area contributed by atoms with E-state index in [4.69, 9.17) is 30.9 Å². The van der Waals surface area contributed by atoms with Gasteiger partial charge in [-0.15, -0.1) is 17.9 Å². The quantitative estimate of drug-likeness (QED) is 0.116. The lowest BCUT2D eigenvalue weighted by Gasteiger charge is -2.18. The molecule has 1 aromatic carbocycles. The lowest BCUT2D eigenvalue weighted by atomic mass is 10.1. The summed E-state index contributed by atoms with van der Waals surface area (Å²) in [6, 6.07) is 8.01. The van der Waals surface area contributed by atoms with Crippen LogP contribution in [0.2, 0.25) is 0 Å².